The minimum absolute atomic E-state index is 0.0580. The first-order chi connectivity index (χ1) is 12.7. The summed E-state index contributed by atoms with van der Waals surface area (Å²) in [4.78, 5) is 23.5. The lowest BCUT2D eigenvalue weighted by atomic mass is 9.45. The third-order valence-electron chi connectivity index (χ3n) is 9.33. The maximum atomic E-state index is 12.0. The van der Waals surface area contributed by atoms with Crippen molar-refractivity contribution in [1.29, 1.82) is 0 Å². The third kappa shape index (κ3) is 2.06. The van der Waals surface area contributed by atoms with Gasteiger partial charge in [0.2, 0.25) is 0 Å². The highest BCUT2D eigenvalue weighted by molar-refractivity contribution is 6.33. The second kappa shape index (κ2) is 5.53. The van der Waals surface area contributed by atoms with Crippen LogP contribution < -0.4 is 0 Å². The molecule has 0 amide bonds. The molecular formula is C22H28Cl2O3. The minimum atomic E-state index is -0.530. The lowest BCUT2D eigenvalue weighted by Gasteiger charge is -2.65. The molecule has 148 valence electrons. The van der Waals surface area contributed by atoms with Crippen molar-refractivity contribution >= 4 is 35.0 Å². The predicted octanol–water partition coefficient (Wildman–Crippen LogP) is 5.17. The highest BCUT2D eigenvalue weighted by Crippen LogP contribution is 2.73. The summed E-state index contributed by atoms with van der Waals surface area (Å²) in [5.41, 5.74) is 0.539. The van der Waals surface area contributed by atoms with Crippen LogP contribution in [-0.2, 0) is 14.3 Å². The van der Waals surface area contributed by atoms with Crippen molar-refractivity contribution < 1.29 is 14.3 Å². The summed E-state index contributed by atoms with van der Waals surface area (Å²) in [6.45, 7) is 4.54. The van der Waals surface area contributed by atoms with Crippen LogP contribution in [0.15, 0.2) is 11.6 Å². The normalized spacial score (nSPS) is 54.2. The van der Waals surface area contributed by atoms with E-state index in [9.17, 15) is 9.59 Å². The minimum Gasteiger partial charge on any atom is -0.458 e. The molecule has 0 radical (unpaired) electrons. The fraction of sp³-hybridized carbons (Fsp3) is 0.818. The van der Waals surface area contributed by atoms with Gasteiger partial charge in [-0.2, -0.15) is 0 Å². The zero-order chi connectivity index (χ0) is 19.2. The zero-order valence-corrected chi connectivity index (χ0v) is 17.7. The number of carbonyl (C=O) groups excluding carboxylic acids is 2. The second-order valence-corrected chi connectivity index (χ2v) is 11.2. The molecule has 0 N–H and O–H groups in total. The van der Waals surface area contributed by atoms with Crippen molar-refractivity contribution in [2.45, 2.75) is 87.5 Å². The van der Waals surface area contributed by atoms with Gasteiger partial charge in [0.15, 0.2) is 5.78 Å². The summed E-state index contributed by atoms with van der Waals surface area (Å²) in [6.07, 6.45) is 9.25. The molecule has 7 atom stereocenters. The average molecular weight is 411 g/mol. The molecule has 27 heavy (non-hydrogen) atoms. The Balaban J connectivity index is 1.59. The van der Waals surface area contributed by atoms with Crippen LogP contribution in [0.25, 0.3) is 0 Å². The van der Waals surface area contributed by atoms with E-state index in [0.29, 0.717) is 24.7 Å². The molecule has 0 unspecified atom stereocenters. The summed E-state index contributed by atoms with van der Waals surface area (Å²) in [5, 5.41) is -0.193. The molecule has 0 aromatic carbocycles. The van der Waals surface area contributed by atoms with Crippen molar-refractivity contribution in [3.63, 3.8) is 0 Å². The molecule has 1 aliphatic heterocycles. The SMILES string of the molecule is C[C@]12CCC(=O)C=C1CC[C@H]1[C@@H]3CC[C@@]4(CCC(=O)O4)[C@@]3(C)C[C@H](Cl)[C@@]12Cl. The van der Waals surface area contributed by atoms with Crippen LogP contribution in [0, 0.1) is 22.7 Å². The molecule has 5 rings (SSSR count). The van der Waals surface area contributed by atoms with Crippen LogP contribution >= 0.6 is 23.2 Å². The van der Waals surface area contributed by atoms with Gasteiger partial charge in [0.25, 0.3) is 0 Å². The quantitative estimate of drug-likeness (QED) is 0.408. The van der Waals surface area contributed by atoms with E-state index in [0.717, 1.165) is 44.9 Å². The predicted molar refractivity (Wildman–Crippen MR) is 105 cm³/mol. The van der Waals surface area contributed by atoms with Crippen LogP contribution in [0.1, 0.15) is 71.6 Å². The lowest BCUT2D eigenvalue weighted by molar-refractivity contribution is -0.166. The molecule has 1 spiro atoms. The number of fused-ring (bicyclic) bond motifs is 6. The number of hydrogen-bond acceptors (Lipinski definition) is 3. The number of ketones is 1. The molecule has 4 aliphatic carbocycles. The summed E-state index contributed by atoms with van der Waals surface area (Å²) in [5.74, 6) is 0.893. The van der Waals surface area contributed by atoms with Gasteiger partial charge in [0.05, 0.1) is 10.3 Å². The number of alkyl halides is 2. The Kier molecular flexibility index (Phi) is 3.79. The molecule has 3 nitrogen and oxygen atoms in total. The van der Waals surface area contributed by atoms with Crippen molar-refractivity contribution in [1.82, 2.24) is 0 Å². The van der Waals surface area contributed by atoms with Crippen LogP contribution in [0.2, 0.25) is 0 Å². The van der Waals surface area contributed by atoms with Crippen molar-refractivity contribution in [3.05, 3.63) is 11.6 Å². The van der Waals surface area contributed by atoms with Crippen molar-refractivity contribution in [2.24, 2.45) is 22.7 Å². The van der Waals surface area contributed by atoms with E-state index in [1.54, 1.807) is 0 Å². The third-order valence-corrected chi connectivity index (χ3v) is 10.9. The number of allylic oxidation sites excluding steroid dienone is 1. The van der Waals surface area contributed by atoms with E-state index < -0.39 is 4.87 Å². The molecule has 1 heterocycles. The Morgan fingerprint density at radius 2 is 1.81 bits per heavy atom. The molecule has 0 aromatic rings. The standard InChI is InChI=1S/C22H28Cl2O3/c1-19-8-5-14(25)11-13(19)3-4-16-15-6-9-21(10-7-18(26)27-21)20(15,2)12-17(23)22(16,19)24/h11,15-17H,3-10,12H2,1-2H3/t15-,16-,17-,19-,20-,21+,22-/m0/s1. The first kappa shape index (κ1) is 18.5. The Labute approximate surface area is 171 Å². The first-order valence-electron chi connectivity index (χ1n) is 10.5. The summed E-state index contributed by atoms with van der Waals surface area (Å²) < 4.78 is 5.99. The van der Waals surface area contributed by atoms with Crippen molar-refractivity contribution in [2.75, 3.05) is 0 Å². The molecule has 5 aliphatic rings. The number of rotatable bonds is 0. The van der Waals surface area contributed by atoms with Gasteiger partial charge in [0, 0.05) is 23.7 Å². The van der Waals surface area contributed by atoms with E-state index in [4.69, 9.17) is 27.9 Å². The van der Waals surface area contributed by atoms with Crippen LogP contribution in [0.4, 0.5) is 0 Å². The number of hydrogen-bond donors (Lipinski definition) is 0. The van der Waals surface area contributed by atoms with Gasteiger partial charge in [-0.15, -0.1) is 23.2 Å². The Morgan fingerprint density at radius 1 is 1.04 bits per heavy atom. The van der Waals surface area contributed by atoms with Gasteiger partial charge in [-0.25, -0.2) is 0 Å². The summed E-state index contributed by atoms with van der Waals surface area (Å²) in [7, 11) is 0. The monoisotopic (exact) mass is 410 g/mol. The maximum absolute atomic E-state index is 12.0. The fourth-order valence-corrected chi connectivity index (χ4v) is 9.06. The topological polar surface area (TPSA) is 43.4 Å². The highest BCUT2D eigenvalue weighted by atomic mass is 35.5. The van der Waals surface area contributed by atoms with Gasteiger partial charge in [-0.1, -0.05) is 19.4 Å². The summed E-state index contributed by atoms with van der Waals surface area (Å²) >= 11 is 14.7. The maximum Gasteiger partial charge on any atom is 0.306 e. The van der Waals surface area contributed by atoms with Crippen LogP contribution in [-0.4, -0.2) is 27.6 Å². The van der Waals surface area contributed by atoms with E-state index >= 15 is 0 Å². The van der Waals surface area contributed by atoms with E-state index in [1.165, 1.54) is 5.57 Å². The molecular weight excluding hydrogens is 383 g/mol. The number of ether oxygens (including phenoxy) is 1. The van der Waals surface area contributed by atoms with E-state index in [1.807, 2.05) is 6.08 Å². The first-order valence-corrected chi connectivity index (χ1v) is 11.3. The molecule has 5 heteroatoms. The highest BCUT2D eigenvalue weighted by Gasteiger charge is 2.73. The van der Waals surface area contributed by atoms with E-state index in [-0.39, 0.29) is 33.6 Å². The Hall–Kier alpha value is -0.540. The summed E-state index contributed by atoms with van der Waals surface area (Å²) in [6, 6.07) is 0. The molecule has 4 fully saturated rings. The Bertz CT molecular complexity index is 763. The molecule has 0 bridgehead atoms. The van der Waals surface area contributed by atoms with Gasteiger partial charge < -0.3 is 4.74 Å². The van der Waals surface area contributed by atoms with Gasteiger partial charge in [0.1, 0.15) is 5.60 Å². The number of halogens is 2. The Morgan fingerprint density at radius 3 is 2.52 bits per heavy atom. The molecule has 0 aromatic heterocycles. The van der Waals surface area contributed by atoms with Gasteiger partial charge in [-0.3, -0.25) is 9.59 Å². The smallest absolute Gasteiger partial charge is 0.306 e. The molecule has 1 saturated heterocycles. The van der Waals surface area contributed by atoms with Gasteiger partial charge >= 0.3 is 5.97 Å². The second-order valence-electron chi connectivity index (χ2n) is 10.1. The zero-order valence-electron chi connectivity index (χ0n) is 16.2. The number of carbonyl (C=O) groups is 2. The number of esters is 1. The van der Waals surface area contributed by atoms with Crippen LogP contribution in [0.5, 0.6) is 0 Å². The largest absolute Gasteiger partial charge is 0.458 e. The average Bonchev–Trinajstić information content (AvgIpc) is 3.12. The van der Waals surface area contributed by atoms with E-state index in [2.05, 4.69) is 13.8 Å². The molecule has 3 saturated carbocycles. The van der Waals surface area contributed by atoms with Crippen LogP contribution in [0.3, 0.4) is 0 Å². The van der Waals surface area contributed by atoms with Gasteiger partial charge in [-0.05, 0) is 62.9 Å². The lowest BCUT2D eigenvalue weighted by Crippen LogP contribution is -2.66. The fourth-order valence-electron chi connectivity index (χ4n) is 7.78. The van der Waals surface area contributed by atoms with Crippen molar-refractivity contribution in [3.8, 4) is 0 Å².